The summed E-state index contributed by atoms with van der Waals surface area (Å²) in [6.45, 7) is 2.23. The molecule has 112 valence electrons. The van der Waals surface area contributed by atoms with Crippen molar-refractivity contribution in [2.45, 2.75) is 64.0 Å². The molecule has 0 spiro atoms. The van der Waals surface area contributed by atoms with Crippen LogP contribution >= 0.6 is 0 Å². The van der Waals surface area contributed by atoms with E-state index in [9.17, 15) is 0 Å². The van der Waals surface area contributed by atoms with Crippen molar-refractivity contribution in [2.24, 2.45) is 23.7 Å². The Morgan fingerprint density at radius 1 is 1.00 bits per heavy atom. The Hall–Kier alpha value is -0.820. The van der Waals surface area contributed by atoms with Gasteiger partial charge in [0.25, 0.3) is 0 Å². The highest BCUT2D eigenvalue weighted by Gasteiger charge is 2.54. The molecule has 6 unspecified atom stereocenters. The Balaban J connectivity index is 1.35. The Bertz CT molecular complexity index is 563. The number of aryl methyl sites for hydroxylation is 2. The third-order valence-electron chi connectivity index (χ3n) is 7.22. The molecule has 0 aromatic heterocycles. The van der Waals surface area contributed by atoms with E-state index in [0.29, 0.717) is 6.04 Å². The normalized spacial score (nSPS) is 43.3. The lowest BCUT2D eigenvalue weighted by Crippen LogP contribution is -2.40. The second-order valence-electron chi connectivity index (χ2n) is 8.22. The van der Waals surface area contributed by atoms with Crippen LogP contribution in [0, 0.1) is 30.6 Å². The van der Waals surface area contributed by atoms with Crippen LogP contribution in [0.3, 0.4) is 0 Å². The van der Waals surface area contributed by atoms with E-state index >= 15 is 0 Å². The van der Waals surface area contributed by atoms with Crippen LogP contribution < -0.4 is 5.32 Å². The van der Waals surface area contributed by atoms with E-state index in [1.165, 1.54) is 37.7 Å². The first-order chi connectivity index (χ1) is 10.3. The van der Waals surface area contributed by atoms with Crippen molar-refractivity contribution in [3.63, 3.8) is 0 Å². The van der Waals surface area contributed by atoms with E-state index in [-0.39, 0.29) is 0 Å². The van der Waals surface area contributed by atoms with Gasteiger partial charge in [-0.05, 0) is 80.2 Å². The van der Waals surface area contributed by atoms with Crippen LogP contribution in [0.1, 0.15) is 61.3 Å². The van der Waals surface area contributed by atoms with Gasteiger partial charge in [0.1, 0.15) is 0 Å². The van der Waals surface area contributed by atoms with Gasteiger partial charge >= 0.3 is 0 Å². The zero-order valence-corrected chi connectivity index (χ0v) is 13.1. The lowest BCUT2D eigenvalue weighted by molar-refractivity contribution is 0.197. The van der Waals surface area contributed by atoms with Crippen LogP contribution in [-0.2, 0) is 6.42 Å². The van der Waals surface area contributed by atoms with E-state index in [0.717, 1.165) is 29.7 Å². The summed E-state index contributed by atoms with van der Waals surface area (Å²) in [6, 6.07) is 8.54. The molecular formula is C20H27N. The standard InChI is InChI=1S/C20H27N/c1-12-5-6-13-7-8-19(17(13)9-12)21-20-11-14-10-18(20)16-4-2-3-15(14)16/h5-6,9,14-16,18-21H,2-4,7-8,10-11H2,1H3. The van der Waals surface area contributed by atoms with Gasteiger partial charge in [-0.2, -0.15) is 0 Å². The van der Waals surface area contributed by atoms with Crippen LogP contribution in [0.4, 0.5) is 0 Å². The maximum absolute atomic E-state index is 4.11. The molecule has 0 radical (unpaired) electrons. The molecule has 0 heterocycles. The molecule has 6 atom stereocenters. The predicted octanol–water partition coefficient (Wildman–Crippen LogP) is 4.40. The number of rotatable bonds is 2. The van der Waals surface area contributed by atoms with E-state index in [1.54, 1.807) is 24.0 Å². The summed E-state index contributed by atoms with van der Waals surface area (Å²) in [5, 5.41) is 4.11. The summed E-state index contributed by atoms with van der Waals surface area (Å²) in [5.41, 5.74) is 4.63. The number of nitrogens with one attached hydrogen (secondary N) is 1. The highest BCUT2D eigenvalue weighted by Crippen LogP contribution is 2.59. The van der Waals surface area contributed by atoms with Gasteiger partial charge in [0.15, 0.2) is 0 Å². The van der Waals surface area contributed by atoms with E-state index in [4.69, 9.17) is 0 Å². The van der Waals surface area contributed by atoms with Gasteiger partial charge in [0, 0.05) is 12.1 Å². The summed E-state index contributed by atoms with van der Waals surface area (Å²) in [5.74, 6) is 4.28. The van der Waals surface area contributed by atoms with Crippen LogP contribution in [0.15, 0.2) is 18.2 Å². The van der Waals surface area contributed by atoms with Crippen molar-refractivity contribution >= 4 is 0 Å². The molecule has 0 amide bonds. The topological polar surface area (TPSA) is 12.0 Å². The minimum atomic E-state index is 0.643. The molecule has 21 heavy (non-hydrogen) atoms. The molecule has 1 aromatic rings. The van der Waals surface area contributed by atoms with Crippen molar-refractivity contribution in [3.8, 4) is 0 Å². The van der Waals surface area contributed by atoms with Crippen molar-refractivity contribution in [2.75, 3.05) is 0 Å². The zero-order valence-electron chi connectivity index (χ0n) is 13.1. The first-order valence-electron chi connectivity index (χ1n) is 9.15. The monoisotopic (exact) mass is 281 g/mol. The van der Waals surface area contributed by atoms with Crippen molar-refractivity contribution < 1.29 is 0 Å². The van der Waals surface area contributed by atoms with Gasteiger partial charge in [0.05, 0.1) is 0 Å². The molecule has 4 aliphatic rings. The maximum Gasteiger partial charge on any atom is 0.0328 e. The molecule has 1 heteroatoms. The largest absolute Gasteiger partial charge is 0.307 e. The minimum Gasteiger partial charge on any atom is -0.307 e. The second-order valence-corrected chi connectivity index (χ2v) is 8.22. The molecule has 0 aliphatic heterocycles. The van der Waals surface area contributed by atoms with E-state index in [2.05, 4.69) is 30.4 Å². The van der Waals surface area contributed by atoms with Gasteiger partial charge in [-0.25, -0.2) is 0 Å². The van der Waals surface area contributed by atoms with Crippen molar-refractivity contribution in [1.29, 1.82) is 0 Å². The number of hydrogen-bond acceptors (Lipinski definition) is 1. The van der Waals surface area contributed by atoms with Crippen LogP contribution in [0.2, 0.25) is 0 Å². The van der Waals surface area contributed by atoms with Crippen LogP contribution in [-0.4, -0.2) is 6.04 Å². The second kappa shape index (κ2) is 4.59. The van der Waals surface area contributed by atoms with Crippen molar-refractivity contribution in [3.05, 3.63) is 34.9 Å². The van der Waals surface area contributed by atoms with Gasteiger partial charge in [-0.1, -0.05) is 30.2 Å². The van der Waals surface area contributed by atoms with Crippen molar-refractivity contribution in [1.82, 2.24) is 5.32 Å². The maximum atomic E-state index is 4.11. The molecule has 1 N–H and O–H groups in total. The number of fused-ring (bicyclic) bond motifs is 6. The molecule has 0 saturated heterocycles. The molecule has 1 nitrogen and oxygen atoms in total. The first-order valence-corrected chi connectivity index (χ1v) is 9.15. The Kier molecular flexibility index (Phi) is 2.77. The highest BCUT2D eigenvalue weighted by molar-refractivity contribution is 5.37. The average molecular weight is 281 g/mol. The lowest BCUT2D eigenvalue weighted by atomic mass is 9.79. The molecular weight excluding hydrogens is 254 g/mol. The van der Waals surface area contributed by atoms with Gasteiger partial charge in [-0.3, -0.25) is 0 Å². The lowest BCUT2D eigenvalue weighted by Gasteiger charge is -2.34. The summed E-state index contributed by atoms with van der Waals surface area (Å²) < 4.78 is 0. The Labute approximate surface area is 128 Å². The SMILES string of the molecule is Cc1ccc2c(c1)C(NC1CC3CC1C1CCCC31)CC2. The smallest absolute Gasteiger partial charge is 0.0328 e. The van der Waals surface area contributed by atoms with Gasteiger partial charge < -0.3 is 5.32 Å². The van der Waals surface area contributed by atoms with Gasteiger partial charge in [-0.15, -0.1) is 0 Å². The summed E-state index contributed by atoms with van der Waals surface area (Å²) in [4.78, 5) is 0. The fourth-order valence-corrected chi connectivity index (χ4v) is 6.41. The third kappa shape index (κ3) is 1.86. The summed E-state index contributed by atoms with van der Waals surface area (Å²) in [7, 11) is 0. The highest BCUT2D eigenvalue weighted by atomic mass is 15.0. The first kappa shape index (κ1) is 12.7. The van der Waals surface area contributed by atoms with E-state index < -0.39 is 0 Å². The molecule has 5 rings (SSSR count). The van der Waals surface area contributed by atoms with Crippen LogP contribution in [0.5, 0.6) is 0 Å². The van der Waals surface area contributed by atoms with Crippen LogP contribution in [0.25, 0.3) is 0 Å². The molecule has 1 aromatic carbocycles. The predicted molar refractivity (Wildman–Crippen MR) is 86.2 cm³/mol. The Morgan fingerprint density at radius 2 is 1.90 bits per heavy atom. The zero-order chi connectivity index (χ0) is 14.0. The molecule has 2 bridgehead atoms. The summed E-state index contributed by atoms with van der Waals surface area (Å²) >= 11 is 0. The van der Waals surface area contributed by atoms with E-state index in [1.807, 2.05) is 0 Å². The summed E-state index contributed by atoms with van der Waals surface area (Å²) in [6.07, 6.45) is 10.2. The fourth-order valence-electron chi connectivity index (χ4n) is 6.41. The molecule has 4 aliphatic carbocycles. The third-order valence-corrected chi connectivity index (χ3v) is 7.22. The number of hydrogen-bond donors (Lipinski definition) is 1. The number of benzene rings is 1. The quantitative estimate of drug-likeness (QED) is 0.847. The fraction of sp³-hybridized carbons (Fsp3) is 0.700. The average Bonchev–Trinajstić information content (AvgIpc) is 3.20. The minimum absolute atomic E-state index is 0.643. The molecule has 3 saturated carbocycles. The molecule has 3 fully saturated rings. The Morgan fingerprint density at radius 3 is 2.86 bits per heavy atom. The van der Waals surface area contributed by atoms with Gasteiger partial charge in [0.2, 0.25) is 0 Å².